The SMILES string of the molecule is COc1cc(NC(C)(C)C2CC2)ncn1. The summed E-state index contributed by atoms with van der Waals surface area (Å²) in [4.78, 5) is 8.16. The molecular weight excluding hydrogens is 190 g/mol. The van der Waals surface area contributed by atoms with Crippen LogP contribution in [0.3, 0.4) is 0 Å². The van der Waals surface area contributed by atoms with E-state index in [0.717, 1.165) is 11.7 Å². The van der Waals surface area contributed by atoms with E-state index < -0.39 is 0 Å². The van der Waals surface area contributed by atoms with Gasteiger partial charge in [-0.3, -0.25) is 0 Å². The number of nitrogens with zero attached hydrogens (tertiary/aromatic N) is 2. The van der Waals surface area contributed by atoms with Gasteiger partial charge in [-0.05, 0) is 32.6 Å². The molecule has 1 heterocycles. The predicted molar refractivity (Wildman–Crippen MR) is 59.0 cm³/mol. The molecular formula is C11H17N3O. The molecule has 0 amide bonds. The van der Waals surface area contributed by atoms with Gasteiger partial charge in [-0.1, -0.05) is 0 Å². The molecule has 1 aliphatic rings. The smallest absolute Gasteiger partial charge is 0.218 e. The molecule has 0 spiro atoms. The van der Waals surface area contributed by atoms with Gasteiger partial charge in [0.15, 0.2) is 0 Å². The van der Waals surface area contributed by atoms with Gasteiger partial charge < -0.3 is 10.1 Å². The highest BCUT2D eigenvalue weighted by Crippen LogP contribution is 2.40. The van der Waals surface area contributed by atoms with Gasteiger partial charge in [-0.25, -0.2) is 9.97 Å². The normalized spacial score (nSPS) is 16.2. The fourth-order valence-electron chi connectivity index (χ4n) is 1.76. The monoisotopic (exact) mass is 207 g/mol. The van der Waals surface area contributed by atoms with Crippen LogP contribution < -0.4 is 10.1 Å². The molecule has 2 rings (SSSR count). The Balaban J connectivity index is 2.09. The molecule has 0 radical (unpaired) electrons. The van der Waals surface area contributed by atoms with Crippen LogP contribution in [-0.2, 0) is 0 Å². The quantitative estimate of drug-likeness (QED) is 0.821. The molecule has 0 atom stereocenters. The molecule has 1 aliphatic carbocycles. The molecule has 15 heavy (non-hydrogen) atoms. The van der Waals surface area contributed by atoms with Crippen molar-refractivity contribution in [1.29, 1.82) is 0 Å². The van der Waals surface area contributed by atoms with E-state index in [0.29, 0.717) is 5.88 Å². The molecule has 0 aromatic carbocycles. The third-order valence-corrected chi connectivity index (χ3v) is 2.90. The first kappa shape index (κ1) is 10.2. The number of nitrogens with one attached hydrogen (secondary N) is 1. The van der Waals surface area contributed by atoms with Crippen molar-refractivity contribution in [2.24, 2.45) is 5.92 Å². The van der Waals surface area contributed by atoms with Gasteiger partial charge >= 0.3 is 0 Å². The second kappa shape index (κ2) is 3.68. The lowest BCUT2D eigenvalue weighted by Gasteiger charge is -2.26. The molecule has 4 nitrogen and oxygen atoms in total. The zero-order valence-electron chi connectivity index (χ0n) is 9.45. The molecule has 0 unspecified atom stereocenters. The molecule has 4 heteroatoms. The average Bonchev–Trinajstić information content (AvgIpc) is 3.00. The van der Waals surface area contributed by atoms with Crippen molar-refractivity contribution in [1.82, 2.24) is 9.97 Å². The van der Waals surface area contributed by atoms with E-state index in [1.54, 1.807) is 7.11 Å². The Kier molecular flexibility index (Phi) is 2.50. The van der Waals surface area contributed by atoms with Crippen molar-refractivity contribution in [2.45, 2.75) is 32.2 Å². The van der Waals surface area contributed by atoms with E-state index in [2.05, 4.69) is 29.1 Å². The van der Waals surface area contributed by atoms with Gasteiger partial charge in [0.05, 0.1) is 7.11 Å². The van der Waals surface area contributed by atoms with E-state index in [4.69, 9.17) is 4.74 Å². The molecule has 0 saturated heterocycles. The lowest BCUT2D eigenvalue weighted by atomic mass is 9.99. The summed E-state index contributed by atoms with van der Waals surface area (Å²) < 4.78 is 5.05. The molecule has 1 aromatic heterocycles. The minimum Gasteiger partial charge on any atom is -0.481 e. The van der Waals surface area contributed by atoms with Gasteiger partial charge in [0.25, 0.3) is 0 Å². The highest BCUT2D eigenvalue weighted by Gasteiger charge is 2.37. The van der Waals surface area contributed by atoms with Crippen molar-refractivity contribution >= 4 is 5.82 Å². The third-order valence-electron chi connectivity index (χ3n) is 2.90. The van der Waals surface area contributed by atoms with Crippen LogP contribution in [0.1, 0.15) is 26.7 Å². The molecule has 1 N–H and O–H groups in total. The summed E-state index contributed by atoms with van der Waals surface area (Å²) in [5, 5.41) is 3.42. The number of rotatable bonds is 4. The van der Waals surface area contributed by atoms with Crippen LogP contribution in [0.25, 0.3) is 0 Å². The second-order valence-corrected chi connectivity index (χ2v) is 4.57. The van der Waals surface area contributed by atoms with Crippen LogP contribution in [0, 0.1) is 5.92 Å². The van der Waals surface area contributed by atoms with Crippen molar-refractivity contribution < 1.29 is 4.74 Å². The number of ether oxygens (including phenoxy) is 1. The van der Waals surface area contributed by atoms with Gasteiger partial charge in [-0.2, -0.15) is 0 Å². The number of methoxy groups -OCH3 is 1. The Hall–Kier alpha value is -1.32. The Morgan fingerprint density at radius 3 is 2.73 bits per heavy atom. The Morgan fingerprint density at radius 1 is 1.40 bits per heavy atom. The van der Waals surface area contributed by atoms with E-state index in [1.165, 1.54) is 19.2 Å². The molecule has 1 aromatic rings. The number of hydrogen-bond donors (Lipinski definition) is 1. The number of aromatic nitrogens is 2. The minimum atomic E-state index is 0.110. The van der Waals surface area contributed by atoms with Crippen LogP contribution in [0.4, 0.5) is 5.82 Å². The summed E-state index contributed by atoms with van der Waals surface area (Å²) in [6.07, 6.45) is 4.13. The van der Waals surface area contributed by atoms with E-state index in [-0.39, 0.29) is 5.54 Å². The van der Waals surface area contributed by atoms with E-state index >= 15 is 0 Å². The van der Waals surface area contributed by atoms with Crippen molar-refractivity contribution in [3.8, 4) is 5.88 Å². The summed E-state index contributed by atoms with van der Waals surface area (Å²) in [6.45, 7) is 4.42. The van der Waals surface area contributed by atoms with Crippen LogP contribution in [-0.4, -0.2) is 22.6 Å². The lowest BCUT2D eigenvalue weighted by Crippen LogP contribution is -2.33. The van der Waals surface area contributed by atoms with Crippen molar-refractivity contribution in [2.75, 3.05) is 12.4 Å². The Labute approximate surface area is 90.1 Å². The summed E-state index contributed by atoms with van der Waals surface area (Å²) in [5.74, 6) is 2.19. The molecule has 0 bridgehead atoms. The van der Waals surface area contributed by atoms with Gasteiger partial charge in [-0.15, -0.1) is 0 Å². The maximum atomic E-state index is 5.05. The van der Waals surface area contributed by atoms with Crippen LogP contribution >= 0.6 is 0 Å². The maximum Gasteiger partial charge on any atom is 0.218 e. The predicted octanol–water partition coefficient (Wildman–Crippen LogP) is 2.09. The average molecular weight is 207 g/mol. The number of anilines is 1. The summed E-state index contributed by atoms with van der Waals surface area (Å²) in [6, 6.07) is 1.82. The van der Waals surface area contributed by atoms with Gasteiger partial charge in [0.1, 0.15) is 12.1 Å². The van der Waals surface area contributed by atoms with Gasteiger partial charge in [0, 0.05) is 11.6 Å². The summed E-state index contributed by atoms with van der Waals surface area (Å²) in [7, 11) is 1.61. The van der Waals surface area contributed by atoms with Crippen LogP contribution in [0.15, 0.2) is 12.4 Å². The highest BCUT2D eigenvalue weighted by atomic mass is 16.5. The molecule has 0 aliphatic heterocycles. The van der Waals surface area contributed by atoms with E-state index in [1.807, 2.05) is 6.07 Å². The van der Waals surface area contributed by atoms with Crippen LogP contribution in [0.5, 0.6) is 5.88 Å². The molecule has 1 saturated carbocycles. The van der Waals surface area contributed by atoms with Crippen molar-refractivity contribution in [3.05, 3.63) is 12.4 Å². The first-order chi connectivity index (χ1) is 7.12. The number of hydrogen-bond acceptors (Lipinski definition) is 4. The minimum absolute atomic E-state index is 0.110. The lowest BCUT2D eigenvalue weighted by molar-refractivity contribution is 0.396. The first-order valence-electron chi connectivity index (χ1n) is 5.26. The largest absolute Gasteiger partial charge is 0.481 e. The third kappa shape index (κ3) is 2.37. The standard InChI is InChI=1S/C11H17N3O/c1-11(2,8-4-5-8)14-9-6-10(15-3)13-7-12-9/h6-8H,4-5H2,1-3H3,(H,12,13,14). The maximum absolute atomic E-state index is 5.05. The first-order valence-corrected chi connectivity index (χ1v) is 5.26. The second-order valence-electron chi connectivity index (χ2n) is 4.57. The Morgan fingerprint density at radius 2 is 2.13 bits per heavy atom. The fraction of sp³-hybridized carbons (Fsp3) is 0.636. The highest BCUT2D eigenvalue weighted by molar-refractivity contribution is 5.40. The van der Waals surface area contributed by atoms with Gasteiger partial charge in [0.2, 0.25) is 5.88 Å². The topological polar surface area (TPSA) is 47.0 Å². The summed E-state index contributed by atoms with van der Waals surface area (Å²) in [5.41, 5.74) is 0.110. The van der Waals surface area contributed by atoms with Crippen LogP contribution in [0.2, 0.25) is 0 Å². The fourth-order valence-corrected chi connectivity index (χ4v) is 1.76. The zero-order valence-corrected chi connectivity index (χ0v) is 9.45. The zero-order chi connectivity index (χ0) is 10.9. The van der Waals surface area contributed by atoms with Crippen molar-refractivity contribution in [3.63, 3.8) is 0 Å². The summed E-state index contributed by atoms with van der Waals surface area (Å²) >= 11 is 0. The molecule has 82 valence electrons. The van der Waals surface area contributed by atoms with E-state index in [9.17, 15) is 0 Å². The Bertz CT molecular complexity index is 347. The molecule has 1 fully saturated rings.